The molecule has 0 aromatic carbocycles. The highest BCUT2D eigenvalue weighted by atomic mass is 16.1. The summed E-state index contributed by atoms with van der Waals surface area (Å²) < 4.78 is 0. The average Bonchev–Trinajstić information content (AvgIpc) is 2.36. The normalized spacial score (nSPS) is 18.5. The number of amides is 1. The van der Waals surface area contributed by atoms with Gasteiger partial charge in [0.15, 0.2) is 0 Å². The SMILES string of the molecule is CC(C)NCCC(=O)NCC(C)(C)N1CCN(C)CC1. The van der Waals surface area contributed by atoms with Crippen molar-refractivity contribution in [1.82, 2.24) is 20.4 Å². The molecule has 0 unspecified atom stereocenters. The Labute approximate surface area is 124 Å². The molecule has 1 amide bonds. The van der Waals surface area contributed by atoms with Gasteiger partial charge < -0.3 is 15.5 Å². The van der Waals surface area contributed by atoms with Crippen LogP contribution in [0.1, 0.15) is 34.1 Å². The molecule has 0 spiro atoms. The van der Waals surface area contributed by atoms with Crippen molar-refractivity contribution in [1.29, 1.82) is 0 Å². The molecule has 0 aromatic heterocycles. The van der Waals surface area contributed by atoms with Crippen molar-refractivity contribution in [2.45, 2.75) is 45.7 Å². The molecule has 1 saturated heterocycles. The third kappa shape index (κ3) is 6.20. The zero-order chi connectivity index (χ0) is 15.2. The van der Waals surface area contributed by atoms with E-state index in [0.29, 0.717) is 12.5 Å². The van der Waals surface area contributed by atoms with Crippen LogP contribution in [0.25, 0.3) is 0 Å². The minimum Gasteiger partial charge on any atom is -0.354 e. The van der Waals surface area contributed by atoms with Crippen molar-refractivity contribution in [2.75, 3.05) is 46.3 Å². The number of likely N-dealkylation sites (N-methyl/N-ethyl adjacent to an activating group) is 1. The summed E-state index contributed by atoms with van der Waals surface area (Å²) in [4.78, 5) is 16.7. The van der Waals surface area contributed by atoms with E-state index in [1.165, 1.54) is 0 Å². The van der Waals surface area contributed by atoms with Gasteiger partial charge in [0.05, 0.1) is 0 Å². The first-order valence-corrected chi connectivity index (χ1v) is 7.75. The largest absolute Gasteiger partial charge is 0.354 e. The summed E-state index contributed by atoms with van der Waals surface area (Å²) in [5, 5.41) is 6.34. The Balaban J connectivity index is 2.26. The number of rotatable bonds is 7. The molecule has 1 heterocycles. The van der Waals surface area contributed by atoms with Crippen molar-refractivity contribution in [3.63, 3.8) is 0 Å². The van der Waals surface area contributed by atoms with Crippen LogP contribution in [0.5, 0.6) is 0 Å². The Kier molecular flexibility index (Phi) is 6.92. The topological polar surface area (TPSA) is 47.6 Å². The van der Waals surface area contributed by atoms with E-state index in [0.717, 1.165) is 39.3 Å². The van der Waals surface area contributed by atoms with Crippen molar-refractivity contribution in [2.24, 2.45) is 0 Å². The molecule has 0 aromatic rings. The summed E-state index contributed by atoms with van der Waals surface area (Å²) in [6, 6.07) is 0.435. The standard InChI is InChI=1S/C15H32N4O/c1-13(2)16-7-6-14(20)17-12-15(3,4)19-10-8-18(5)9-11-19/h13,16H,6-12H2,1-5H3,(H,17,20). The smallest absolute Gasteiger partial charge is 0.221 e. The Hall–Kier alpha value is -0.650. The lowest BCUT2D eigenvalue weighted by Gasteiger charge is -2.43. The fourth-order valence-electron chi connectivity index (χ4n) is 2.40. The highest BCUT2D eigenvalue weighted by Crippen LogP contribution is 2.15. The number of piperazine rings is 1. The highest BCUT2D eigenvalue weighted by molar-refractivity contribution is 5.76. The third-order valence-corrected chi connectivity index (χ3v) is 3.98. The molecule has 0 bridgehead atoms. The molecule has 1 aliphatic rings. The van der Waals surface area contributed by atoms with E-state index in [-0.39, 0.29) is 11.4 Å². The second kappa shape index (κ2) is 7.96. The molecule has 0 radical (unpaired) electrons. The summed E-state index contributed by atoms with van der Waals surface area (Å²) in [7, 11) is 2.16. The van der Waals surface area contributed by atoms with Crippen molar-refractivity contribution in [3.05, 3.63) is 0 Å². The van der Waals surface area contributed by atoms with Crippen LogP contribution in [-0.4, -0.2) is 73.6 Å². The molecular formula is C15H32N4O. The quantitative estimate of drug-likeness (QED) is 0.715. The monoisotopic (exact) mass is 284 g/mol. The Morgan fingerprint density at radius 3 is 2.35 bits per heavy atom. The molecule has 118 valence electrons. The lowest BCUT2D eigenvalue weighted by atomic mass is 10.0. The van der Waals surface area contributed by atoms with Crippen molar-refractivity contribution in [3.8, 4) is 0 Å². The predicted molar refractivity (Wildman–Crippen MR) is 83.9 cm³/mol. The molecule has 5 nitrogen and oxygen atoms in total. The molecule has 0 aliphatic carbocycles. The first-order valence-electron chi connectivity index (χ1n) is 7.75. The van der Waals surface area contributed by atoms with Crippen LogP contribution in [0.15, 0.2) is 0 Å². The number of carbonyl (C=O) groups is 1. The lowest BCUT2D eigenvalue weighted by Crippen LogP contribution is -2.57. The van der Waals surface area contributed by atoms with Crippen LogP contribution < -0.4 is 10.6 Å². The van der Waals surface area contributed by atoms with Gasteiger partial charge in [0.1, 0.15) is 0 Å². The Morgan fingerprint density at radius 2 is 1.80 bits per heavy atom. The Morgan fingerprint density at radius 1 is 1.20 bits per heavy atom. The summed E-state index contributed by atoms with van der Waals surface area (Å²) in [5.41, 5.74) is 0.0302. The van der Waals surface area contributed by atoms with Gasteiger partial charge in [-0.25, -0.2) is 0 Å². The minimum atomic E-state index is 0.0302. The minimum absolute atomic E-state index is 0.0302. The van der Waals surface area contributed by atoms with E-state index < -0.39 is 0 Å². The average molecular weight is 284 g/mol. The van der Waals surface area contributed by atoms with Gasteiger partial charge in [0, 0.05) is 57.3 Å². The fourth-order valence-corrected chi connectivity index (χ4v) is 2.40. The zero-order valence-electron chi connectivity index (χ0n) is 13.8. The molecule has 1 fully saturated rings. The molecule has 0 atom stereocenters. The summed E-state index contributed by atoms with van der Waals surface area (Å²) >= 11 is 0. The van der Waals surface area contributed by atoms with Crippen LogP contribution in [0.4, 0.5) is 0 Å². The number of hydrogen-bond acceptors (Lipinski definition) is 4. The molecule has 0 saturated carbocycles. The van der Waals surface area contributed by atoms with Gasteiger partial charge in [-0.05, 0) is 20.9 Å². The predicted octanol–water partition coefficient (Wildman–Crippen LogP) is 0.517. The van der Waals surface area contributed by atoms with Crippen LogP contribution in [-0.2, 0) is 4.79 Å². The molecule has 1 rings (SSSR count). The maximum Gasteiger partial charge on any atom is 0.221 e. The second-order valence-corrected chi connectivity index (χ2v) is 6.74. The van der Waals surface area contributed by atoms with Crippen LogP contribution in [0, 0.1) is 0 Å². The van der Waals surface area contributed by atoms with E-state index in [4.69, 9.17) is 0 Å². The van der Waals surface area contributed by atoms with Crippen LogP contribution in [0.2, 0.25) is 0 Å². The number of hydrogen-bond donors (Lipinski definition) is 2. The number of carbonyl (C=O) groups excluding carboxylic acids is 1. The van der Waals surface area contributed by atoms with Gasteiger partial charge in [-0.2, -0.15) is 0 Å². The van der Waals surface area contributed by atoms with Crippen LogP contribution in [0.3, 0.4) is 0 Å². The lowest BCUT2D eigenvalue weighted by molar-refractivity contribution is -0.121. The van der Waals surface area contributed by atoms with Gasteiger partial charge in [0.2, 0.25) is 5.91 Å². The zero-order valence-corrected chi connectivity index (χ0v) is 13.8. The molecule has 2 N–H and O–H groups in total. The van der Waals surface area contributed by atoms with E-state index >= 15 is 0 Å². The first kappa shape index (κ1) is 17.4. The summed E-state index contributed by atoms with van der Waals surface area (Å²) in [6.07, 6.45) is 0.553. The van der Waals surface area contributed by atoms with E-state index in [2.05, 4.69) is 55.2 Å². The summed E-state index contributed by atoms with van der Waals surface area (Å²) in [5.74, 6) is 0.139. The maximum absolute atomic E-state index is 11.8. The van der Waals surface area contributed by atoms with Gasteiger partial charge in [-0.15, -0.1) is 0 Å². The van der Waals surface area contributed by atoms with Crippen LogP contribution >= 0.6 is 0 Å². The molecule has 5 heteroatoms. The van der Waals surface area contributed by atoms with Gasteiger partial charge in [-0.3, -0.25) is 9.69 Å². The molecule has 20 heavy (non-hydrogen) atoms. The van der Waals surface area contributed by atoms with Gasteiger partial charge in [0.25, 0.3) is 0 Å². The molecular weight excluding hydrogens is 252 g/mol. The maximum atomic E-state index is 11.8. The first-order chi connectivity index (χ1) is 9.31. The number of nitrogens with zero attached hydrogens (tertiary/aromatic N) is 2. The third-order valence-electron chi connectivity index (χ3n) is 3.98. The second-order valence-electron chi connectivity index (χ2n) is 6.74. The number of nitrogens with one attached hydrogen (secondary N) is 2. The van der Waals surface area contributed by atoms with Gasteiger partial charge >= 0.3 is 0 Å². The van der Waals surface area contributed by atoms with E-state index in [9.17, 15) is 4.79 Å². The van der Waals surface area contributed by atoms with E-state index in [1.54, 1.807) is 0 Å². The summed E-state index contributed by atoms with van der Waals surface area (Å²) in [6.45, 7) is 14.4. The van der Waals surface area contributed by atoms with Crippen molar-refractivity contribution >= 4 is 5.91 Å². The fraction of sp³-hybridized carbons (Fsp3) is 0.933. The molecule has 1 aliphatic heterocycles. The van der Waals surface area contributed by atoms with E-state index in [1.807, 2.05) is 0 Å². The van der Waals surface area contributed by atoms with Gasteiger partial charge in [-0.1, -0.05) is 13.8 Å². The highest BCUT2D eigenvalue weighted by Gasteiger charge is 2.29. The van der Waals surface area contributed by atoms with Crippen molar-refractivity contribution < 1.29 is 4.79 Å². The Bertz CT molecular complexity index is 296.